The van der Waals surface area contributed by atoms with Crippen LogP contribution in [0, 0.1) is 11.7 Å². The summed E-state index contributed by atoms with van der Waals surface area (Å²) in [4.78, 5) is 25.3. The number of nitrogens with zero attached hydrogens (tertiary/aromatic N) is 1. The number of carboxylic acids is 1. The van der Waals surface area contributed by atoms with Gasteiger partial charge in [-0.1, -0.05) is 17.7 Å². The lowest BCUT2D eigenvalue weighted by Crippen LogP contribution is -2.38. The summed E-state index contributed by atoms with van der Waals surface area (Å²) in [6.07, 6.45) is 1.91. The first-order valence-corrected chi connectivity index (χ1v) is 7.33. The third-order valence-electron chi connectivity index (χ3n) is 4.53. The monoisotopic (exact) mass is 311 g/mol. The molecule has 2 aliphatic rings. The first kappa shape index (κ1) is 14.3. The van der Waals surface area contributed by atoms with E-state index in [1.54, 1.807) is 11.0 Å². The number of fused-ring (bicyclic) bond motifs is 2. The molecule has 1 aromatic rings. The zero-order valence-electron chi connectivity index (χ0n) is 11.3. The highest BCUT2D eigenvalue weighted by molar-refractivity contribution is 6.31. The number of carbonyl (C=O) groups is 2. The van der Waals surface area contributed by atoms with Crippen molar-refractivity contribution in [3.8, 4) is 0 Å². The van der Waals surface area contributed by atoms with Crippen LogP contribution in [-0.4, -0.2) is 34.0 Å². The summed E-state index contributed by atoms with van der Waals surface area (Å²) in [5.41, 5.74) is 0.183. The van der Waals surface area contributed by atoms with Crippen LogP contribution in [0.1, 0.15) is 24.8 Å². The van der Waals surface area contributed by atoms with Crippen molar-refractivity contribution in [3.63, 3.8) is 0 Å². The molecule has 0 saturated carbocycles. The summed E-state index contributed by atoms with van der Waals surface area (Å²) in [6, 6.07) is 4.02. The molecule has 0 radical (unpaired) electrons. The maximum absolute atomic E-state index is 13.8. The smallest absolute Gasteiger partial charge is 0.308 e. The van der Waals surface area contributed by atoms with E-state index in [1.165, 1.54) is 12.1 Å². The molecule has 0 aliphatic carbocycles. The zero-order chi connectivity index (χ0) is 15.1. The number of carboxylic acid groups (broad SMARTS) is 1. The Balaban J connectivity index is 1.79. The number of hydrogen-bond donors (Lipinski definition) is 1. The van der Waals surface area contributed by atoms with E-state index in [-0.39, 0.29) is 35.0 Å². The molecule has 0 aromatic heterocycles. The van der Waals surface area contributed by atoms with Crippen LogP contribution in [0.5, 0.6) is 0 Å². The van der Waals surface area contributed by atoms with E-state index in [0.29, 0.717) is 12.8 Å². The maximum atomic E-state index is 13.8. The van der Waals surface area contributed by atoms with Gasteiger partial charge in [-0.25, -0.2) is 4.39 Å². The molecule has 6 heteroatoms. The number of hydrogen-bond acceptors (Lipinski definition) is 2. The van der Waals surface area contributed by atoms with Crippen molar-refractivity contribution in [2.75, 3.05) is 0 Å². The minimum atomic E-state index is -0.857. The van der Waals surface area contributed by atoms with Gasteiger partial charge in [-0.15, -0.1) is 0 Å². The van der Waals surface area contributed by atoms with Gasteiger partial charge >= 0.3 is 5.97 Å². The van der Waals surface area contributed by atoms with Gasteiger partial charge in [-0.3, -0.25) is 9.59 Å². The molecular weight excluding hydrogens is 297 g/mol. The standard InChI is InChI=1S/C15H15ClFNO3/c16-11-2-1-3-12(17)9(11)7-14(19)18-8-4-5-13(18)10(6-8)15(20)21/h1-3,8,10,13H,4-7H2,(H,20,21). The molecule has 2 bridgehead atoms. The van der Waals surface area contributed by atoms with Gasteiger partial charge in [-0.05, 0) is 31.4 Å². The highest BCUT2D eigenvalue weighted by atomic mass is 35.5. The van der Waals surface area contributed by atoms with Crippen molar-refractivity contribution in [2.45, 2.75) is 37.8 Å². The fourth-order valence-corrected chi connectivity index (χ4v) is 3.82. The largest absolute Gasteiger partial charge is 0.481 e. The van der Waals surface area contributed by atoms with Gasteiger partial charge in [0.2, 0.25) is 5.91 Å². The first-order valence-electron chi connectivity index (χ1n) is 6.96. The highest BCUT2D eigenvalue weighted by Gasteiger charge is 2.51. The van der Waals surface area contributed by atoms with E-state index in [4.69, 9.17) is 11.6 Å². The van der Waals surface area contributed by atoms with Gasteiger partial charge in [0, 0.05) is 22.7 Å². The molecule has 21 heavy (non-hydrogen) atoms. The third-order valence-corrected chi connectivity index (χ3v) is 4.89. The van der Waals surface area contributed by atoms with Gasteiger partial charge in [0.05, 0.1) is 12.3 Å². The molecule has 3 atom stereocenters. The maximum Gasteiger partial charge on any atom is 0.308 e. The average Bonchev–Trinajstić information content (AvgIpc) is 3.00. The molecule has 1 N–H and O–H groups in total. The Morgan fingerprint density at radius 3 is 2.76 bits per heavy atom. The van der Waals surface area contributed by atoms with Gasteiger partial charge in [0.1, 0.15) is 5.82 Å². The van der Waals surface area contributed by atoms with E-state index in [1.807, 2.05) is 0 Å². The molecule has 3 unspecified atom stereocenters. The lowest BCUT2D eigenvalue weighted by atomic mass is 9.89. The number of benzene rings is 1. The van der Waals surface area contributed by atoms with Gasteiger partial charge in [0.15, 0.2) is 0 Å². The van der Waals surface area contributed by atoms with Gasteiger partial charge < -0.3 is 10.0 Å². The lowest BCUT2D eigenvalue weighted by Gasteiger charge is -2.23. The Bertz CT molecular complexity index is 586. The first-order chi connectivity index (χ1) is 9.99. The molecule has 1 aromatic carbocycles. The van der Waals surface area contributed by atoms with Crippen LogP contribution in [0.25, 0.3) is 0 Å². The molecule has 2 fully saturated rings. The number of rotatable bonds is 3. The molecule has 2 aliphatic heterocycles. The predicted molar refractivity (Wildman–Crippen MR) is 74.5 cm³/mol. The normalized spacial score (nSPS) is 27.1. The van der Waals surface area contributed by atoms with Crippen LogP contribution in [-0.2, 0) is 16.0 Å². The van der Waals surface area contributed by atoms with Crippen molar-refractivity contribution in [1.82, 2.24) is 4.90 Å². The molecule has 0 spiro atoms. The van der Waals surface area contributed by atoms with Crippen LogP contribution in [0.15, 0.2) is 18.2 Å². The van der Waals surface area contributed by atoms with E-state index >= 15 is 0 Å². The summed E-state index contributed by atoms with van der Waals surface area (Å²) in [7, 11) is 0. The second-order valence-corrected chi connectivity index (χ2v) is 6.06. The van der Waals surface area contributed by atoms with E-state index < -0.39 is 17.7 Å². The average molecular weight is 312 g/mol. The second-order valence-electron chi connectivity index (χ2n) is 5.66. The number of amides is 1. The number of carbonyl (C=O) groups excluding carboxylic acids is 1. The van der Waals surface area contributed by atoms with Crippen molar-refractivity contribution in [3.05, 3.63) is 34.6 Å². The zero-order valence-corrected chi connectivity index (χ0v) is 12.0. The Morgan fingerprint density at radius 2 is 2.14 bits per heavy atom. The van der Waals surface area contributed by atoms with Crippen LogP contribution in [0.4, 0.5) is 4.39 Å². The van der Waals surface area contributed by atoms with Crippen molar-refractivity contribution in [2.24, 2.45) is 5.92 Å². The van der Waals surface area contributed by atoms with Crippen LogP contribution >= 0.6 is 11.6 Å². The van der Waals surface area contributed by atoms with Gasteiger partial charge in [0.25, 0.3) is 0 Å². The van der Waals surface area contributed by atoms with Crippen molar-refractivity contribution >= 4 is 23.5 Å². The van der Waals surface area contributed by atoms with Crippen LogP contribution < -0.4 is 0 Å². The molecule has 4 nitrogen and oxygen atoms in total. The van der Waals surface area contributed by atoms with Crippen molar-refractivity contribution < 1.29 is 19.1 Å². The molecule has 1 amide bonds. The third kappa shape index (κ3) is 2.39. The lowest BCUT2D eigenvalue weighted by molar-refractivity contribution is -0.143. The summed E-state index contributed by atoms with van der Waals surface area (Å²) in [5.74, 6) is -2.09. The second kappa shape index (κ2) is 5.30. The fourth-order valence-electron chi connectivity index (χ4n) is 3.59. The summed E-state index contributed by atoms with van der Waals surface area (Å²) >= 11 is 5.94. The minimum Gasteiger partial charge on any atom is -0.481 e. The number of halogens is 2. The Morgan fingerprint density at radius 1 is 1.38 bits per heavy atom. The predicted octanol–water partition coefficient (Wildman–Crippen LogP) is 2.49. The highest BCUT2D eigenvalue weighted by Crippen LogP contribution is 2.42. The molecule has 112 valence electrons. The topological polar surface area (TPSA) is 57.6 Å². The van der Waals surface area contributed by atoms with E-state index in [9.17, 15) is 19.1 Å². The molecule has 2 heterocycles. The fraction of sp³-hybridized carbons (Fsp3) is 0.467. The van der Waals surface area contributed by atoms with E-state index in [0.717, 1.165) is 6.42 Å². The molecular formula is C15H15ClFNO3. The quantitative estimate of drug-likeness (QED) is 0.933. The minimum absolute atomic E-state index is 0.0332. The summed E-state index contributed by atoms with van der Waals surface area (Å²) in [5, 5.41) is 9.42. The Kier molecular flexibility index (Phi) is 3.61. The van der Waals surface area contributed by atoms with Crippen LogP contribution in [0.3, 0.4) is 0 Å². The summed E-state index contributed by atoms with van der Waals surface area (Å²) < 4.78 is 13.8. The number of aliphatic carboxylic acids is 1. The van der Waals surface area contributed by atoms with Crippen molar-refractivity contribution in [1.29, 1.82) is 0 Å². The summed E-state index contributed by atoms with van der Waals surface area (Å²) in [6.45, 7) is 0. The van der Waals surface area contributed by atoms with E-state index in [2.05, 4.69) is 0 Å². The Labute approximate surface area is 126 Å². The van der Waals surface area contributed by atoms with Crippen LogP contribution in [0.2, 0.25) is 5.02 Å². The molecule has 2 saturated heterocycles. The molecule has 3 rings (SSSR count). The van der Waals surface area contributed by atoms with Gasteiger partial charge in [-0.2, -0.15) is 0 Å². The Hall–Kier alpha value is -1.62. The SMILES string of the molecule is O=C(O)C1CC2CCC1N2C(=O)Cc1c(F)cccc1Cl.